The van der Waals surface area contributed by atoms with Crippen LogP contribution in [0.5, 0.6) is 0 Å². The van der Waals surface area contributed by atoms with Gasteiger partial charge in [0.05, 0.1) is 18.7 Å². The molecule has 0 radical (unpaired) electrons. The van der Waals surface area contributed by atoms with Gasteiger partial charge in [-0.1, -0.05) is 24.3 Å². The van der Waals surface area contributed by atoms with Gasteiger partial charge in [-0.3, -0.25) is 9.78 Å². The molecule has 1 aromatic carbocycles. The van der Waals surface area contributed by atoms with Crippen LogP contribution in [0.25, 0.3) is 11.1 Å². The Bertz CT molecular complexity index is 809. The van der Waals surface area contributed by atoms with Crippen molar-refractivity contribution < 1.29 is 9.90 Å². The Morgan fingerprint density at radius 1 is 1.16 bits per heavy atom. The Kier molecular flexibility index (Phi) is 3.98. The van der Waals surface area contributed by atoms with Crippen molar-refractivity contribution in [2.45, 2.75) is 30.8 Å². The number of pyridine rings is 1. The van der Waals surface area contributed by atoms with Gasteiger partial charge >= 0.3 is 0 Å². The van der Waals surface area contributed by atoms with E-state index in [0.717, 1.165) is 29.5 Å². The van der Waals surface area contributed by atoms with Gasteiger partial charge in [0.25, 0.3) is 0 Å². The summed E-state index contributed by atoms with van der Waals surface area (Å²) in [5, 5.41) is 19.3. The van der Waals surface area contributed by atoms with Crippen LogP contribution in [0.1, 0.15) is 24.3 Å². The molecule has 2 fully saturated rings. The number of nitriles is 1. The van der Waals surface area contributed by atoms with Crippen LogP contribution in [0.4, 0.5) is 0 Å². The summed E-state index contributed by atoms with van der Waals surface area (Å²) in [4.78, 5) is 18.0. The molecule has 0 bridgehead atoms. The summed E-state index contributed by atoms with van der Waals surface area (Å²) >= 11 is 0. The second-order valence-corrected chi connectivity index (χ2v) is 6.73. The molecule has 1 saturated carbocycles. The maximum atomic E-state index is 12.4. The maximum absolute atomic E-state index is 12.4. The molecule has 5 heteroatoms. The van der Waals surface area contributed by atoms with Crippen LogP contribution in [0.3, 0.4) is 0 Å². The lowest BCUT2D eigenvalue weighted by molar-refractivity contribution is -0.148. The van der Waals surface area contributed by atoms with E-state index in [0.29, 0.717) is 0 Å². The lowest BCUT2D eigenvalue weighted by atomic mass is 9.75. The lowest BCUT2D eigenvalue weighted by Crippen LogP contribution is -2.65. The summed E-state index contributed by atoms with van der Waals surface area (Å²) < 4.78 is 0. The topological polar surface area (TPSA) is 77.2 Å². The van der Waals surface area contributed by atoms with Crippen molar-refractivity contribution in [1.82, 2.24) is 9.88 Å². The lowest BCUT2D eigenvalue weighted by Gasteiger charge is -2.51. The first-order valence-electron chi connectivity index (χ1n) is 8.57. The predicted octanol–water partition coefficient (Wildman–Crippen LogP) is 2.34. The molecule has 3 atom stereocenters. The van der Waals surface area contributed by atoms with Gasteiger partial charge in [0, 0.05) is 24.2 Å². The van der Waals surface area contributed by atoms with Crippen molar-refractivity contribution in [2.75, 3.05) is 6.61 Å². The number of rotatable bonds is 4. The van der Waals surface area contributed by atoms with Crippen LogP contribution >= 0.6 is 0 Å². The Morgan fingerprint density at radius 2 is 1.80 bits per heavy atom. The Balaban J connectivity index is 1.58. The molecule has 1 aromatic heterocycles. The van der Waals surface area contributed by atoms with Gasteiger partial charge < -0.3 is 10.0 Å². The van der Waals surface area contributed by atoms with Crippen molar-refractivity contribution in [3.05, 3.63) is 54.4 Å². The quantitative estimate of drug-likeness (QED) is 0.931. The van der Waals surface area contributed by atoms with E-state index in [2.05, 4.69) is 11.1 Å². The first-order chi connectivity index (χ1) is 12.2. The number of likely N-dealkylation sites (tertiary alicyclic amines) is 1. The molecular weight excluding hydrogens is 314 g/mol. The van der Waals surface area contributed by atoms with Crippen molar-refractivity contribution in [2.24, 2.45) is 5.92 Å². The molecule has 0 unspecified atom stereocenters. The number of amides is 1. The fourth-order valence-corrected chi connectivity index (χ4v) is 3.69. The molecule has 4 rings (SSSR count). The highest BCUT2D eigenvalue weighted by atomic mass is 16.3. The number of aliphatic hydroxyl groups excluding tert-OH is 1. The number of hydrogen-bond donors (Lipinski definition) is 1. The summed E-state index contributed by atoms with van der Waals surface area (Å²) in [6.07, 6.45) is 5.31. The highest BCUT2D eigenvalue weighted by molar-refractivity contribution is 5.83. The van der Waals surface area contributed by atoms with E-state index in [-0.39, 0.29) is 30.4 Å². The average molecular weight is 333 g/mol. The predicted molar refractivity (Wildman–Crippen MR) is 92.3 cm³/mol. The van der Waals surface area contributed by atoms with Crippen LogP contribution in [0.15, 0.2) is 48.8 Å². The SMILES string of the molecule is N#C[C@@H]1[C@@H](c2ccc(-c3ccncc3)cc2)[C@@H](CO)N1C(=O)C1CC1. The first kappa shape index (κ1) is 15.8. The van der Waals surface area contributed by atoms with Crippen LogP contribution in [-0.4, -0.2) is 39.6 Å². The van der Waals surface area contributed by atoms with Crippen LogP contribution < -0.4 is 0 Å². The maximum Gasteiger partial charge on any atom is 0.227 e. The molecule has 25 heavy (non-hydrogen) atoms. The molecule has 1 amide bonds. The van der Waals surface area contributed by atoms with Gasteiger partial charge in [0.2, 0.25) is 5.91 Å². The zero-order valence-electron chi connectivity index (χ0n) is 13.7. The summed E-state index contributed by atoms with van der Waals surface area (Å²) in [5.41, 5.74) is 3.14. The number of benzene rings is 1. The minimum absolute atomic E-state index is 0.0234. The molecule has 1 N–H and O–H groups in total. The van der Waals surface area contributed by atoms with Crippen molar-refractivity contribution >= 4 is 5.91 Å². The Labute approximate surface area is 146 Å². The second kappa shape index (κ2) is 6.30. The molecular formula is C20H19N3O2. The van der Waals surface area contributed by atoms with Gasteiger partial charge in [-0.2, -0.15) is 5.26 Å². The molecule has 1 saturated heterocycles. The fourth-order valence-electron chi connectivity index (χ4n) is 3.69. The standard InChI is InChI=1S/C20H19N3O2/c21-11-17-19(18(12-24)23(17)20(25)16-5-6-16)15-3-1-13(2-4-15)14-7-9-22-10-8-14/h1-4,7-10,16-19,24H,5-6,12H2/t17-,18-,19-/m1/s1. The smallest absolute Gasteiger partial charge is 0.227 e. The zero-order chi connectivity index (χ0) is 17.4. The van der Waals surface area contributed by atoms with Gasteiger partial charge in [-0.05, 0) is 41.7 Å². The Morgan fingerprint density at radius 3 is 2.36 bits per heavy atom. The number of carbonyl (C=O) groups excluding carboxylic acids is 1. The molecule has 2 heterocycles. The molecule has 126 valence electrons. The fraction of sp³-hybridized carbons (Fsp3) is 0.350. The van der Waals surface area contributed by atoms with E-state index in [1.165, 1.54) is 0 Å². The monoisotopic (exact) mass is 333 g/mol. The molecule has 1 aliphatic heterocycles. The molecule has 5 nitrogen and oxygen atoms in total. The van der Waals surface area contributed by atoms with E-state index in [4.69, 9.17) is 0 Å². The van der Waals surface area contributed by atoms with E-state index >= 15 is 0 Å². The van der Waals surface area contributed by atoms with E-state index in [9.17, 15) is 15.2 Å². The number of hydrogen-bond acceptors (Lipinski definition) is 4. The van der Waals surface area contributed by atoms with Crippen molar-refractivity contribution in [1.29, 1.82) is 5.26 Å². The largest absolute Gasteiger partial charge is 0.394 e. The van der Waals surface area contributed by atoms with E-state index in [1.807, 2.05) is 36.4 Å². The molecule has 2 aliphatic rings. The average Bonchev–Trinajstić information content (AvgIpc) is 3.48. The molecule has 2 aromatic rings. The summed E-state index contributed by atoms with van der Waals surface area (Å²) in [5.74, 6) is -0.0561. The number of carbonyl (C=O) groups is 1. The normalized spacial score (nSPS) is 25.1. The van der Waals surface area contributed by atoms with Crippen LogP contribution in [-0.2, 0) is 4.79 Å². The minimum atomic E-state index is -0.489. The zero-order valence-corrected chi connectivity index (χ0v) is 13.7. The highest BCUT2D eigenvalue weighted by Gasteiger charge is 2.53. The van der Waals surface area contributed by atoms with E-state index in [1.54, 1.807) is 17.3 Å². The molecule has 1 aliphatic carbocycles. The van der Waals surface area contributed by atoms with Gasteiger partial charge in [-0.15, -0.1) is 0 Å². The third-order valence-corrected chi connectivity index (χ3v) is 5.22. The van der Waals surface area contributed by atoms with Gasteiger partial charge in [-0.25, -0.2) is 0 Å². The van der Waals surface area contributed by atoms with Crippen molar-refractivity contribution in [3.63, 3.8) is 0 Å². The van der Waals surface area contributed by atoms with Crippen LogP contribution in [0.2, 0.25) is 0 Å². The van der Waals surface area contributed by atoms with Gasteiger partial charge in [0.15, 0.2) is 0 Å². The molecule has 0 spiro atoms. The second-order valence-electron chi connectivity index (χ2n) is 6.73. The van der Waals surface area contributed by atoms with Crippen molar-refractivity contribution in [3.8, 4) is 17.2 Å². The summed E-state index contributed by atoms with van der Waals surface area (Å²) in [6.45, 7) is -0.118. The first-order valence-corrected chi connectivity index (χ1v) is 8.57. The highest BCUT2D eigenvalue weighted by Crippen LogP contribution is 2.44. The summed E-state index contributed by atoms with van der Waals surface area (Å²) in [7, 11) is 0. The number of nitrogens with zero attached hydrogens (tertiary/aromatic N) is 3. The Hall–Kier alpha value is -2.71. The third-order valence-electron chi connectivity index (χ3n) is 5.22. The summed E-state index contributed by atoms with van der Waals surface area (Å²) in [6, 6.07) is 13.4. The minimum Gasteiger partial charge on any atom is -0.394 e. The number of aliphatic hydroxyl groups is 1. The van der Waals surface area contributed by atoms with Crippen LogP contribution in [0, 0.1) is 17.2 Å². The van der Waals surface area contributed by atoms with E-state index < -0.39 is 6.04 Å². The van der Waals surface area contributed by atoms with Gasteiger partial charge in [0.1, 0.15) is 6.04 Å². The third kappa shape index (κ3) is 2.69. The number of aromatic nitrogens is 1.